The van der Waals surface area contributed by atoms with E-state index in [2.05, 4.69) is 13.8 Å². The number of alkyl halides is 1. The summed E-state index contributed by atoms with van der Waals surface area (Å²) in [5.41, 5.74) is 0.365. The van der Waals surface area contributed by atoms with Crippen molar-refractivity contribution in [2.45, 2.75) is 52.4 Å². The van der Waals surface area contributed by atoms with Gasteiger partial charge >= 0.3 is 0 Å². The molecule has 1 aliphatic rings. The first-order valence-electron chi connectivity index (χ1n) is 5.20. The second-order valence-corrected chi connectivity index (χ2v) is 5.25. The molecule has 1 heteroatoms. The molecule has 0 aliphatic heterocycles. The molecule has 12 heavy (non-hydrogen) atoms. The molecule has 72 valence electrons. The van der Waals surface area contributed by atoms with Crippen molar-refractivity contribution in [1.29, 1.82) is 0 Å². The molecule has 0 aromatic carbocycles. The van der Waals surface area contributed by atoms with Gasteiger partial charge in [-0.1, -0.05) is 39.5 Å². The summed E-state index contributed by atoms with van der Waals surface area (Å²) in [7, 11) is 0. The van der Waals surface area contributed by atoms with Gasteiger partial charge in [0.1, 0.15) is 0 Å². The van der Waals surface area contributed by atoms with Crippen LogP contribution in [0.15, 0.2) is 0 Å². The van der Waals surface area contributed by atoms with Gasteiger partial charge in [-0.25, -0.2) is 0 Å². The molecule has 1 fully saturated rings. The summed E-state index contributed by atoms with van der Waals surface area (Å²) < 4.78 is 0. The van der Waals surface area contributed by atoms with Crippen molar-refractivity contribution in [1.82, 2.24) is 0 Å². The molecule has 0 saturated heterocycles. The van der Waals surface area contributed by atoms with E-state index in [0.717, 1.165) is 11.8 Å². The second-order valence-electron chi connectivity index (χ2n) is 4.99. The van der Waals surface area contributed by atoms with Crippen molar-refractivity contribution in [2.75, 3.05) is 5.88 Å². The fourth-order valence-electron chi connectivity index (χ4n) is 1.96. The van der Waals surface area contributed by atoms with E-state index in [1.807, 2.05) is 0 Å². The summed E-state index contributed by atoms with van der Waals surface area (Å²) in [4.78, 5) is 0. The van der Waals surface area contributed by atoms with E-state index in [9.17, 15) is 0 Å². The van der Waals surface area contributed by atoms with E-state index >= 15 is 0 Å². The van der Waals surface area contributed by atoms with Crippen molar-refractivity contribution in [3.63, 3.8) is 0 Å². The minimum absolute atomic E-state index is 0.365. The Kier molecular flexibility index (Phi) is 3.89. The van der Waals surface area contributed by atoms with E-state index in [4.69, 9.17) is 11.6 Å². The Hall–Kier alpha value is 0.290. The van der Waals surface area contributed by atoms with Crippen molar-refractivity contribution < 1.29 is 0 Å². The van der Waals surface area contributed by atoms with Crippen LogP contribution < -0.4 is 0 Å². The average Bonchev–Trinajstić information content (AvgIpc) is 2.53. The van der Waals surface area contributed by atoms with Crippen molar-refractivity contribution >= 4 is 11.6 Å². The van der Waals surface area contributed by atoms with E-state index in [-0.39, 0.29) is 0 Å². The lowest BCUT2D eigenvalue weighted by Gasteiger charge is -2.22. The molecule has 0 spiro atoms. The van der Waals surface area contributed by atoms with Crippen LogP contribution in [0.25, 0.3) is 0 Å². The van der Waals surface area contributed by atoms with Crippen LogP contribution in [0.5, 0.6) is 0 Å². The molecule has 1 rings (SSSR count). The SMILES string of the molecule is CC(C)(CCl)CCC1CCCC1. The molecular formula is C11H21Cl. The highest BCUT2D eigenvalue weighted by atomic mass is 35.5. The fourth-order valence-corrected chi connectivity index (χ4v) is 2.09. The van der Waals surface area contributed by atoms with Crippen LogP contribution in [-0.2, 0) is 0 Å². The Morgan fingerprint density at radius 1 is 1.25 bits per heavy atom. The molecule has 0 nitrogen and oxygen atoms in total. The summed E-state index contributed by atoms with van der Waals surface area (Å²) >= 11 is 5.88. The molecule has 0 N–H and O–H groups in total. The molecule has 0 radical (unpaired) electrons. The first-order chi connectivity index (χ1) is 5.64. The van der Waals surface area contributed by atoms with Gasteiger partial charge in [0.05, 0.1) is 0 Å². The molecule has 0 heterocycles. The van der Waals surface area contributed by atoms with Crippen LogP contribution in [0.4, 0.5) is 0 Å². The monoisotopic (exact) mass is 188 g/mol. The molecule has 0 unspecified atom stereocenters. The van der Waals surface area contributed by atoms with Crippen LogP contribution >= 0.6 is 11.6 Å². The van der Waals surface area contributed by atoms with E-state index < -0.39 is 0 Å². The molecule has 1 aliphatic carbocycles. The Labute approximate surface area is 81.7 Å². The van der Waals surface area contributed by atoms with Gasteiger partial charge in [0.25, 0.3) is 0 Å². The summed E-state index contributed by atoms with van der Waals surface area (Å²) in [6.07, 6.45) is 8.58. The molecule has 0 aromatic rings. The van der Waals surface area contributed by atoms with Gasteiger partial charge < -0.3 is 0 Å². The van der Waals surface area contributed by atoms with Gasteiger partial charge in [-0.05, 0) is 24.2 Å². The van der Waals surface area contributed by atoms with Crippen LogP contribution in [-0.4, -0.2) is 5.88 Å². The lowest BCUT2D eigenvalue weighted by Crippen LogP contribution is -2.14. The molecule has 0 aromatic heterocycles. The average molecular weight is 189 g/mol. The molecule has 0 atom stereocenters. The Bertz CT molecular complexity index is 123. The van der Waals surface area contributed by atoms with Crippen molar-refractivity contribution in [3.05, 3.63) is 0 Å². The maximum Gasteiger partial charge on any atom is 0.0274 e. The van der Waals surface area contributed by atoms with Crippen LogP contribution in [0.2, 0.25) is 0 Å². The zero-order valence-corrected chi connectivity index (χ0v) is 9.16. The maximum atomic E-state index is 5.88. The largest absolute Gasteiger partial charge is 0.126 e. The van der Waals surface area contributed by atoms with Gasteiger partial charge in [0, 0.05) is 5.88 Å². The Morgan fingerprint density at radius 3 is 2.33 bits per heavy atom. The van der Waals surface area contributed by atoms with Gasteiger partial charge in [-0.15, -0.1) is 11.6 Å². The van der Waals surface area contributed by atoms with Gasteiger partial charge in [-0.3, -0.25) is 0 Å². The molecule has 1 saturated carbocycles. The third-order valence-electron chi connectivity index (χ3n) is 3.07. The molecule has 0 bridgehead atoms. The van der Waals surface area contributed by atoms with E-state index in [0.29, 0.717) is 5.41 Å². The third-order valence-corrected chi connectivity index (χ3v) is 3.79. The minimum atomic E-state index is 0.365. The predicted molar refractivity (Wildman–Crippen MR) is 55.7 cm³/mol. The highest BCUT2D eigenvalue weighted by Gasteiger charge is 2.20. The quantitative estimate of drug-likeness (QED) is 0.580. The van der Waals surface area contributed by atoms with Crippen LogP contribution in [0.1, 0.15) is 52.4 Å². The predicted octanol–water partition coefficient (Wildman–Crippen LogP) is 4.22. The topological polar surface area (TPSA) is 0 Å². The highest BCUT2D eigenvalue weighted by molar-refractivity contribution is 6.18. The second kappa shape index (κ2) is 4.50. The third kappa shape index (κ3) is 3.35. The van der Waals surface area contributed by atoms with E-state index in [1.54, 1.807) is 0 Å². The Balaban J connectivity index is 2.15. The molecule has 0 amide bonds. The highest BCUT2D eigenvalue weighted by Crippen LogP contribution is 2.33. The van der Waals surface area contributed by atoms with E-state index in [1.165, 1.54) is 38.5 Å². The first-order valence-corrected chi connectivity index (χ1v) is 5.73. The van der Waals surface area contributed by atoms with Crippen molar-refractivity contribution in [3.8, 4) is 0 Å². The summed E-state index contributed by atoms with van der Waals surface area (Å²) in [5.74, 6) is 1.83. The zero-order chi connectivity index (χ0) is 9.03. The van der Waals surface area contributed by atoms with Crippen LogP contribution in [0.3, 0.4) is 0 Å². The fraction of sp³-hybridized carbons (Fsp3) is 1.00. The summed E-state index contributed by atoms with van der Waals surface area (Å²) in [6, 6.07) is 0. The normalized spacial score (nSPS) is 20.2. The van der Waals surface area contributed by atoms with Gasteiger partial charge in [-0.2, -0.15) is 0 Å². The molecular weight excluding hydrogens is 168 g/mol. The Morgan fingerprint density at radius 2 is 1.83 bits per heavy atom. The number of hydrogen-bond donors (Lipinski definition) is 0. The summed E-state index contributed by atoms with van der Waals surface area (Å²) in [5, 5.41) is 0. The zero-order valence-electron chi connectivity index (χ0n) is 8.41. The van der Waals surface area contributed by atoms with Crippen LogP contribution in [0, 0.1) is 11.3 Å². The smallest absolute Gasteiger partial charge is 0.0274 e. The summed E-state index contributed by atoms with van der Waals surface area (Å²) in [6.45, 7) is 4.55. The van der Waals surface area contributed by atoms with Crippen molar-refractivity contribution in [2.24, 2.45) is 11.3 Å². The maximum absolute atomic E-state index is 5.88. The number of halogens is 1. The minimum Gasteiger partial charge on any atom is -0.126 e. The number of rotatable bonds is 4. The lowest BCUT2D eigenvalue weighted by molar-refractivity contribution is 0.328. The van der Waals surface area contributed by atoms with Gasteiger partial charge in [0.15, 0.2) is 0 Å². The standard InChI is InChI=1S/C11H21Cl/c1-11(2,9-12)8-7-10-5-3-4-6-10/h10H,3-9H2,1-2H3. The lowest BCUT2D eigenvalue weighted by atomic mass is 9.86. The number of hydrogen-bond acceptors (Lipinski definition) is 0. The first kappa shape index (κ1) is 10.4. The van der Waals surface area contributed by atoms with Gasteiger partial charge in [0.2, 0.25) is 0 Å².